The lowest BCUT2D eigenvalue weighted by atomic mass is 9.90. The summed E-state index contributed by atoms with van der Waals surface area (Å²) in [6.45, 7) is 8.41. The molecule has 46 heavy (non-hydrogen) atoms. The molecule has 1 N–H and O–H groups in total. The van der Waals surface area contributed by atoms with Gasteiger partial charge in [-0.15, -0.1) is 0 Å². The zero-order valence-corrected chi connectivity index (χ0v) is 27.0. The van der Waals surface area contributed by atoms with Crippen molar-refractivity contribution in [1.82, 2.24) is 9.47 Å². The number of methoxy groups -OCH3 is 1. The van der Waals surface area contributed by atoms with Crippen LogP contribution in [0.25, 0.3) is 28.2 Å². The van der Waals surface area contributed by atoms with Gasteiger partial charge in [0.25, 0.3) is 11.5 Å². The van der Waals surface area contributed by atoms with Gasteiger partial charge in [-0.2, -0.15) is 0 Å². The number of amides is 1. The zero-order valence-electron chi connectivity index (χ0n) is 26.2. The van der Waals surface area contributed by atoms with E-state index in [2.05, 4.69) is 0 Å². The first-order valence-corrected chi connectivity index (χ1v) is 15.8. The number of nitrogens with zero attached hydrogens (tertiary/aromatic N) is 3. The van der Waals surface area contributed by atoms with Crippen LogP contribution in [0.2, 0.25) is 0 Å². The molecular formula is C36H33N3O6S. The molecule has 0 fully saturated rings. The van der Waals surface area contributed by atoms with E-state index in [-0.39, 0.29) is 17.0 Å². The number of allylic oxidation sites excluding steroid dienone is 1. The van der Waals surface area contributed by atoms with Crippen molar-refractivity contribution in [2.45, 2.75) is 33.7 Å². The second-order valence-corrected chi connectivity index (χ2v) is 12.0. The van der Waals surface area contributed by atoms with E-state index in [1.807, 2.05) is 57.2 Å². The van der Waals surface area contributed by atoms with Crippen LogP contribution in [0.15, 0.2) is 92.2 Å². The van der Waals surface area contributed by atoms with Gasteiger partial charge in [0.15, 0.2) is 4.80 Å². The number of rotatable bonds is 8. The number of aromatic carboxylic acids is 1. The highest BCUT2D eigenvalue weighted by Crippen LogP contribution is 2.40. The molecule has 1 aliphatic heterocycles. The van der Waals surface area contributed by atoms with Crippen molar-refractivity contribution in [3.63, 3.8) is 0 Å². The van der Waals surface area contributed by atoms with Gasteiger partial charge in [0.2, 0.25) is 0 Å². The van der Waals surface area contributed by atoms with Gasteiger partial charge in [-0.05, 0) is 68.3 Å². The van der Waals surface area contributed by atoms with Crippen LogP contribution in [-0.4, -0.2) is 46.6 Å². The van der Waals surface area contributed by atoms with E-state index in [0.29, 0.717) is 67.7 Å². The number of ether oxygens (including phenoxy) is 1. The number of aromatic nitrogens is 1. The minimum atomic E-state index is -1.02. The fourth-order valence-electron chi connectivity index (χ4n) is 6.12. The molecule has 3 aromatic carbocycles. The highest BCUT2D eigenvalue weighted by Gasteiger charge is 2.36. The van der Waals surface area contributed by atoms with Crippen LogP contribution in [0.5, 0.6) is 5.75 Å². The van der Waals surface area contributed by atoms with Crippen LogP contribution in [0.1, 0.15) is 54.1 Å². The first kappa shape index (κ1) is 30.8. The normalized spacial score (nSPS) is 14.7. The van der Waals surface area contributed by atoms with Gasteiger partial charge in [-0.1, -0.05) is 53.8 Å². The average Bonchev–Trinajstić information content (AvgIpc) is 3.64. The molecule has 0 radical (unpaired) electrons. The number of carbonyl (C=O) groups is 2. The van der Waals surface area contributed by atoms with Crippen molar-refractivity contribution in [2.24, 2.45) is 4.99 Å². The molecule has 2 aromatic heterocycles. The summed E-state index contributed by atoms with van der Waals surface area (Å²) >= 11 is 1.22. The number of likely N-dealkylation sites (N-methyl/N-ethyl adjacent to an activating group) is 1. The number of carboxylic acids is 1. The highest BCUT2D eigenvalue weighted by molar-refractivity contribution is 7.07. The van der Waals surface area contributed by atoms with E-state index in [4.69, 9.17) is 14.1 Å². The van der Waals surface area contributed by atoms with Gasteiger partial charge in [0.1, 0.15) is 23.3 Å². The third-order valence-electron chi connectivity index (χ3n) is 8.46. The number of fused-ring (bicyclic) bond motifs is 2. The van der Waals surface area contributed by atoms with Gasteiger partial charge >= 0.3 is 5.97 Å². The van der Waals surface area contributed by atoms with E-state index in [1.165, 1.54) is 11.3 Å². The topological polar surface area (TPSA) is 114 Å². The Morgan fingerprint density at radius 1 is 1.04 bits per heavy atom. The molecule has 6 rings (SSSR count). The molecule has 0 saturated carbocycles. The summed E-state index contributed by atoms with van der Waals surface area (Å²) in [5.74, 6) is 0.275. The highest BCUT2D eigenvalue weighted by atomic mass is 32.1. The fourth-order valence-corrected chi connectivity index (χ4v) is 7.15. The third kappa shape index (κ3) is 5.14. The van der Waals surface area contributed by atoms with Crippen molar-refractivity contribution in [3.8, 4) is 17.1 Å². The van der Waals surface area contributed by atoms with Crippen LogP contribution in [0, 0.1) is 6.92 Å². The summed E-state index contributed by atoms with van der Waals surface area (Å²) in [5, 5.41) is 11.4. The molecule has 0 bridgehead atoms. The maximum Gasteiger partial charge on any atom is 0.335 e. The van der Waals surface area contributed by atoms with Crippen molar-refractivity contribution in [3.05, 3.63) is 120 Å². The van der Waals surface area contributed by atoms with Gasteiger partial charge in [-0.3, -0.25) is 14.2 Å². The summed E-state index contributed by atoms with van der Waals surface area (Å²) in [4.78, 5) is 47.2. The molecule has 1 aliphatic rings. The second kappa shape index (κ2) is 12.3. The second-order valence-electron chi connectivity index (χ2n) is 10.9. The lowest BCUT2D eigenvalue weighted by Gasteiger charge is -2.30. The fraction of sp³-hybridized carbons (Fsp3) is 0.222. The number of carbonyl (C=O) groups excluding carboxylic acids is 1. The smallest absolute Gasteiger partial charge is 0.335 e. The lowest BCUT2D eigenvalue weighted by molar-refractivity contribution is -0.127. The standard InChI is InChI=1S/C36H33N3O6S/c1-6-38(7-2)34(41)30-21(4)37-36-39(32(30)31-26-12-9-8-11-22(26)15-17-28(31)44-5)33(40)29(46-36)19-23-16-18-27(45-23)24-13-10-14-25(20(24)3)35(42)43/h8-19,32H,6-7H2,1-5H3,(H,42,43)/b29-19+/t32-/m1/s1. The number of benzene rings is 3. The van der Waals surface area contributed by atoms with Crippen LogP contribution in [0.4, 0.5) is 0 Å². The van der Waals surface area contributed by atoms with E-state index in [9.17, 15) is 19.5 Å². The minimum absolute atomic E-state index is 0.185. The molecule has 1 atom stereocenters. The number of carboxylic acid groups (broad SMARTS) is 1. The summed E-state index contributed by atoms with van der Waals surface area (Å²) in [6.07, 6.45) is 1.66. The predicted octanol–water partition coefficient (Wildman–Crippen LogP) is 5.53. The molecule has 5 aromatic rings. The van der Waals surface area contributed by atoms with E-state index in [0.717, 1.165) is 10.8 Å². The first-order valence-electron chi connectivity index (χ1n) is 15.0. The first-order chi connectivity index (χ1) is 22.2. The van der Waals surface area contributed by atoms with E-state index in [1.54, 1.807) is 59.9 Å². The van der Waals surface area contributed by atoms with Gasteiger partial charge < -0.3 is 19.2 Å². The van der Waals surface area contributed by atoms with Crippen molar-refractivity contribution >= 4 is 40.1 Å². The van der Waals surface area contributed by atoms with E-state index < -0.39 is 12.0 Å². The molecule has 234 valence electrons. The number of hydrogen-bond donors (Lipinski definition) is 1. The van der Waals surface area contributed by atoms with Crippen LogP contribution in [-0.2, 0) is 4.79 Å². The van der Waals surface area contributed by atoms with E-state index >= 15 is 0 Å². The maximum absolute atomic E-state index is 14.4. The van der Waals surface area contributed by atoms with Gasteiger partial charge in [-0.25, -0.2) is 9.79 Å². The quantitative estimate of drug-likeness (QED) is 0.240. The third-order valence-corrected chi connectivity index (χ3v) is 9.44. The molecule has 3 heterocycles. The number of hydrogen-bond acceptors (Lipinski definition) is 7. The van der Waals surface area contributed by atoms with Gasteiger partial charge in [0.05, 0.1) is 28.5 Å². The zero-order chi connectivity index (χ0) is 32.7. The van der Waals surface area contributed by atoms with Crippen LogP contribution >= 0.6 is 11.3 Å². The Kier molecular flexibility index (Phi) is 8.22. The average molecular weight is 636 g/mol. The molecule has 0 unspecified atom stereocenters. The molecule has 1 amide bonds. The molecule has 9 nitrogen and oxygen atoms in total. The summed E-state index contributed by atoms with van der Waals surface area (Å²) in [7, 11) is 1.59. The largest absolute Gasteiger partial charge is 0.496 e. The Morgan fingerprint density at radius 3 is 2.52 bits per heavy atom. The van der Waals surface area contributed by atoms with Crippen molar-refractivity contribution < 1.29 is 23.8 Å². The summed E-state index contributed by atoms with van der Waals surface area (Å²) < 4.78 is 14.0. The van der Waals surface area contributed by atoms with Crippen molar-refractivity contribution in [1.29, 1.82) is 0 Å². The molecule has 10 heteroatoms. The Balaban J connectivity index is 1.56. The maximum atomic E-state index is 14.4. The number of thiazole rings is 1. The van der Waals surface area contributed by atoms with Crippen LogP contribution in [0.3, 0.4) is 0 Å². The Morgan fingerprint density at radius 2 is 1.80 bits per heavy atom. The Labute approximate surface area is 269 Å². The molecule has 0 aliphatic carbocycles. The monoisotopic (exact) mass is 635 g/mol. The minimum Gasteiger partial charge on any atom is -0.496 e. The predicted molar refractivity (Wildman–Crippen MR) is 178 cm³/mol. The lowest BCUT2D eigenvalue weighted by Crippen LogP contribution is -2.43. The molecule has 0 spiro atoms. The van der Waals surface area contributed by atoms with Gasteiger partial charge in [0, 0.05) is 30.3 Å². The summed E-state index contributed by atoms with van der Waals surface area (Å²) in [5.41, 5.74) is 2.79. The molecule has 0 saturated heterocycles. The SMILES string of the molecule is CCN(CC)C(=O)C1=C(C)N=c2s/c(=C/c3ccc(-c4cccc(C(=O)O)c4C)o3)c(=O)n2[C@H]1c1c(OC)ccc2ccccc12. The summed E-state index contributed by atoms with van der Waals surface area (Å²) in [6, 6.07) is 19.4. The van der Waals surface area contributed by atoms with Crippen molar-refractivity contribution in [2.75, 3.05) is 20.2 Å². The van der Waals surface area contributed by atoms with Crippen LogP contribution < -0.4 is 19.6 Å². The Hall–Kier alpha value is -5.22. The Bertz CT molecular complexity index is 2240. The number of furan rings is 1. The molecular weight excluding hydrogens is 602 g/mol.